The lowest BCUT2D eigenvalue weighted by Crippen LogP contribution is -2.49. The van der Waals surface area contributed by atoms with Crippen molar-refractivity contribution in [2.24, 2.45) is 0 Å². The third kappa shape index (κ3) is 4.87. The lowest BCUT2D eigenvalue weighted by molar-refractivity contribution is -0.137. The first-order valence-electron chi connectivity index (χ1n) is 6.87. The van der Waals surface area contributed by atoms with Gasteiger partial charge >= 0.3 is 12.2 Å². The molecule has 2 amide bonds. The Morgan fingerprint density at radius 2 is 2.24 bits per heavy atom. The topological polar surface area (TPSA) is 45.2 Å². The van der Waals surface area contributed by atoms with E-state index in [0.717, 1.165) is 29.1 Å². The van der Waals surface area contributed by atoms with E-state index in [2.05, 4.69) is 10.3 Å². The van der Waals surface area contributed by atoms with Gasteiger partial charge in [-0.1, -0.05) is 0 Å². The van der Waals surface area contributed by atoms with Gasteiger partial charge in [0.2, 0.25) is 0 Å². The number of aromatic nitrogens is 1. The molecule has 0 unspecified atom stereocenters. The predicted octanol–water partition coefficient (Wildman–Crippen LogP) is 3.47. The van der Waals surface area contributed by atoms with Crippen LogP contribution in [-0.2, 0) is 6.54 Å². The van der Waals surface area contributed by atoms with Crippen molar-refractivity contribution < 1.29 is 18.0 Å². The molecule has 1 aliphatic rings. The molecule has 4 nitrogen and oxygen atoms in total. The summed E-state index contributed by atoms with van der Waals surface area (Å²) in [6.45, 7) is 1.89. The Morgan fingerprint density at radius 1 is 1.52 bits per heavy atom. The van der Waals surface area contributed by atoms with Crippen LogP contribution in [0, 0.1) is 6.92 Å². The summed E-state index contributed by atoms with van der Waals surface area (Å²) in [5.74, 6) is 0. The number of amides is 2. The molecule has 1 heterocycles. The third-order valence-electron chi connectivity index (χ3n) is 3.50. The van der Waals surface area contributed by atoms with Crippen molar-refractivity contribution in [3.8, 4) is 0 Å². The van der Waals surface area contributed by atoms with Crippen molar-refractivity contribution in [3.05, 3.63) is 16.1 Å². The van der Waals surface area contributed by atoms with Gasteiger partial charge in [0.05, 0.1) is 18.0 Å². The molecule has 0 spiro atoms. The number of hydrogen-bond acceptors (Lipinski definition) is 3. The maximum absolute atomic E-state index is 12.4. The van der Waals surface area contributed by atoms with Gasteiger partial charge in [-0.05, 0) is 26.2 Å². The second-order valence-electron chi connectivity index (χ2n) is 5.15. The maximum Gasteiger partial charge on any atom is 0.390 e. The minimum Gasteiger partial charge on any atom is -0.333 e. The van der Waals surface area contributed by atoms with E-state index in [1.54, 1.807) is 6.20 Å². The van der Waals surface area contributed by atoms with E-state index in [1.807, 2.05) is 6.92 Å². The number of urea groups is 1. The standard InChI is InChI=1S/C13H18F3N3OS/c1-9-17-7-11(21-9)8-18-12(20)19(10-3-2-4-10)6-5-13(14,15)16/h7,10H,2-6,8H2,1H3,(H,18,20). The zero-order valence-corrected chi connectivity index (χ0v) is 12.6. The van der Waals surface area contributed by atoms with Crippen LogP contribution in [0.3, 0.4) is 0 Å². The first-order valence-corrected chi connectivity index (χ1v) is 7.69. The van der Waals surface area contributed by atoms with Crippen LogP contribution >= 0.6 is 11.3 Å². The fourth-order valence-corrected chi connectivity index (χ4v) is 2.88. The van der Waals surface area contributed by atoms with E-state index in [-0.39, 0.29) is 12.6 Å². The molecule has 0 aliphatic heterocycles. The van der Waals surface area contributed by atoms with Crippen molar-refractivity contribution in [2.45, 2.75) is 51.4 Å². The van der Waals surface area contributed by atoms with Gasteiger partial charge in [0.25, 0.3) is 0 Å². The van der Waals surface area contributed by atoms with Gasteiger partial charge in [-0.2, -0.15) is 13.2 Å². The molecular weight excluding hydrogens is 303 g/mol. The normalized spacial score (nSPS) is 15.6. The summed E-state index contributed by atoms with van der Waals surface area (Å²) in [6.07, 6.45) is -0.998. The van der Waals surface area contributed by atoms with Crippen molar-refractivity contribution in [1.82, 2.24) is 15.2 Å². The molecule has 1 N–H and O–H groups in total. The number of carbonyl (C=O) groups is 1. The van der Waals surface area contributed by atoms with Crippen LogP contribution in [0.5, 0.6) is 0 Å². The summed E-state index contributed by atoms with van der Waals surface area (Å²) in [5.41, 5.74) is 0. The third-order valence-corrected chi connectivity index (χ3v) is 4.41. The fourth-order valence-electron chi connectivity index (χ4n) is 2.15. The molecule has 1 aromatic rings. The molecule has 0 saturated heterocycles. The molecule has 1 fully saturated rings. The lowest BCUT2D eigenvalue weighted by Gasteiger charge is -2.37. The van der Waals surface area contributed by atoms with Gasteiger partial charge in [-0.15, -0.1) is 11.3 Å². The lowest BCUT2D eigenvalue weighted by atomic mass is 9.91. The molecule has 0 atom stereocenters. The van der Waals surface area contributed by atoms with E-state index in [0.29, 0.717) is 6.54 Å². The highest BCUT2D eigenvalue weighted by atomic mass is 32.1. The van der Waals surface area contributed by atoms with E-state index < -0.39 is 18.6 Å². The second kappa shape index (κ2) is 6.64. The Morgan fingerprint density at radius 3 is 2.71 bits per heavy atom. The molecule has 118 valence electrons. The van der Waals surface area contributed by atoms with E-state index >= 15 is 0 Å². The first kappa shape index (κ1) is 16.1. The van der Waals surface area contributed by atoms with Gasteiger partial charge in [-0.3, -0.25) is 0 Å². The number of nitrogens with one attached hydrogen (secondary N) is 1. The minimum atomic E-state index is -4.24. The predicted molar refractivity (Wildman–Crippen MR) is 74.1 cm³/mol. The average molecular weight is 321 g/mol. The number of nitrogens with zero attached hydrogens (tertiary/aromatic N) is 2. The number of alkyl halides is 3. The van der Waals surface area contributed by atoms with Crippen LogP contribution in [0.25, 0.3) is 0 Å². The maximum atomic E-state index is 12.4. The number of carbonyl (C=O) groups excluding carboxylic acids is 1. The van der Waals surface area contributed by atoms with Gasteiger partial charge in [0.15, 0.2) is 0 Å². The van der Waals surface area contributed by atoms with Gasteiger partial charge < -0.3 is 10.2 Å². The Balaban J connectivity index is 1.87. The number of rotatable bonds is 5. The zero-order chi connectivity index (χ0) is 15.5. The summed E-state index contributed by atoms with van der Waals surface area (Å²) in [5, 5.41) is 3.58. The molecule has 8 heteroatoms. The van der Waals surface area contributed by atoms with Crippen molar-refractivity contribution in [2.75, 3.05) is 6.54 Å². The summed E-state index contributed by atoms with van der Waals surface area (Å²) in [7, 11) is 0. The van der Waals surface area contributed by atoms with Crippen LogP contribution in [-0.4, -0.2) is 34.7 Å². The summed E-state index contributed by atoms with van der Waals surface area (Å²) >= 11 is 1.46. The summed E-state index contributed by atoms with van der Waals surface area (Å²) in [4.78, 5) is 18.4. The summed E-state index contributed by atoms with van der Waals surface area (Å²) < 4.78 is 37.1. The highest BCUT2D eigenvalue weighted by Crippen LogP contribution is 2.27. The number of halogens is 3. The molecule has 0 radical (unpaired) electrons. The fraction of sp³-hybridized carbons (Fsp3) is 0.692. The molecule has 2 rings (SSSR count). The van der Waals surface area contributed by atoms with Crippen molar-refractivity contribution in [3.63, 3.8) is 0 Å². The van der Waals surface area contributed by atoms with E-state index in [9.17, 15) is 18.0 Å². The molecule has 1 saturated carbocycles. The largest absolute Gasteiger partial charge is 0.390 e. The highest BCUT2D eigenvalue weighted by molar-refractivity contribution is 7.11. The smallest absolute Gasteiger partial charge is 0.333 e. The van der Waals surface area contributed by atoms with E-state index in [4.69, 9.17) is 0 Å². The minimum absolute atomic E-state index is 0.0597. The second-order valence-corrected chi connectivity index (χ2v) is 6.47. The van der Waals surface area contributed by atoms with Gasteiger partial charge in [0.1, 0.15) is 0 Å². The average Bonchev–Trinajstić information content (AvgIpc) is 2.73. The number of thiazole rings is 1. The molecule has 1 aliphatic carbocycles. The van der Waals surface area contributed by atoms with E-state index in [1.165, 1.54) is 16.2 Å². The van der Waals surface area contributed by atoms with Gasteiger partial charge in [-0.25, -0.2) is 9.78 Å². The van der Waals surface area contributed by atoms with Crippen LogP contribution in [0.4, 0.5) is 18.0 Å². The van der Waals surface area contributed by atoms with Crippen LogP contribution in [0.2, 0.25) is 0 Å². The highest BCUT2D eigenvalue weighted by Gasteiger charge is 2.33. The van der Waals surface area contributed by atoms with Crippen molar-refractivity contribution in [1.29, 1.82) is 0 Å². The van der Waals surface area contributed by atoms with Crippen LogP contribution in [0.1, 0.15) is 35.6 Å². The first-order chi connectivity index (χ1) is 9.85. The van der Waals surface area contributed by atoms with Crippen LogP contribution in [0.15, 0.2) is 6.20 Å². The monoisotopic (exact) mass is 321 g/mol. The Bertz CT molecular complexity index is 485. The Kier molecular flexibility index (Phi) is 5.08. The van der Waals surface area contributed by atoms with Crippen LogP contribution < -0.4 is 5.32 Å². The molecule has 0 bridgehead atoms. The molecule has 0 aromatic carbocycles. The number of hydrogen-bond donors (Lipinski definition) is 1. The quantitative estimate of drug-likeness (QED) is 0.902. The Labute approximate surface area is 125 Å². The summed E-state index contributed by atoms with van der Waals surface area (Å²) in [6, 6.07) is -0.481. The van der Waals surface area contributed by atoms with Crippen molar-refractivity contribution >= 4 is 17.4 Å². The SMILES string of the molecule is Cc1ncc(CNC(=O)N(CCC(F)(F)F)C2CCC2)s1. The molecule has 1 aromatic heterocycles. The zero-order valence-electron chi connectivity index (χ0n) is 11.7. The van der Waals surface area contributed by atoms with Gasteiger partial charge in [0, 0.05) is 23.7 Å². The number of aryl methyl sites for hydroxylation is 1. The molecular formula is C13H18F3N3OS. The molecule has 21 heavy (non-hydrogen) atoms. The Hall–Kier alpha value is -1.31.